The molecule has 0 heterocycles. The molecular formula is C42H42N10O19S6. The summed E-state index contributed by atoms with van der Waals surface area (Å²) >= 11 is 0.224. The number of amides is 1. The van der Waals surface area contributed by atoms with E-state index in [1.807, 2.05) is 19.9 Å². The lowest BCUT2D eigenvalue weighted by atomic mass is 10.1. The number of nitrogen functional groups attached to an aromatic ring is 1. The zero-order valence-electron chi connectivity index (χ0n) is 39.7. The third-order valence-corrected chi connectivity index (χ3v) is 16.2. The van der Waals surface area contributed by atoms with E-state index >= 15 is 0 Å². The Morgan fingerprint density at radius 3 is 1.88 bits per heavy atom. The fourth-order valence-electron chi connectivity index (χ4n) is 6.84. The molecule has 0 atom stereocenters. The third-order valence-electron chi connectivity index (χ3n) is 10.3. The van der Waals surface area contributed by atoms with Crippen molar-refractivity contribution in [3.8, 4) is 5.75 Å². The molecule has 6 aromatic carbocycles. The monoisotopic (exact) mass is 1180 g/mol. The van der Waals surface area contributed by atoms with Crippen LogP contribution in [-0.4, -0.2) is 89.8 Å². The molecule has 0 saturated heterocycles. The zero-order valence-corrected chi connectivity index (χ0v) is 44.6. The van der Waals surface area contributed by atoms with Gasteiger partial charge in [0.1, 0.15) is 32.5 Å². The number of fused-ring (bicyclic) bond motifs is 1. The van der Waals surface area contributed by atoms with Gasteiger partial charge in [-0.15, -0.1) is 29.1 Å². The summed E-state index contributed by atoms with van der Waals surface area (Å²) in [5, 5.41) is 61.6. The van der Waals surface area contributed by atoms with Crippen LogP contribution in [0.25, 0.3) is 10.8 Å². The second-order valence-corrected chi connectivity index (χ2v) is 23.1. The average Bonchev–Trinajstić information content (AvgIpc) is 3.39. The van der Waals surface area contributed by atoms with Crippen LogP contribution in [0.5, 0.6) is 5.75 Å². The molecule has 9 N–H and O–H groups in total. The Hall–Kier alpha value is -6.81. The van der Waals surface area contributed by atoms with Gasteiger partial charge in [-0.25, -0.2) is 27.4 Å². The number of phenols is 1. The van der Waals surface area contributed by atoms with Crippen molar-refractivity contribution in [3.05, 3.63) is 97.1 Å². The molecule has 0 radical (unpaired) electrons. The molecule has 0 aromatic heterocycles. The number of hydrogen-bond donors (Lipinski definition) is 8. The minimum atomic E-state index is -5.26. The Labute approximate surface area is 446 Å². The van der Waals surface area contributed by atoms with Crippen molar-refractivity contribution in [3.63, 3.8) is 0 Å². The zero-order chi connectivity index (χ0) is 56.3. The van der Waals surface area contributed by atoms with Gasteiger partial charge in [-0.3, -0.25) is 22.8 Å². The lowest BCUT2D eigenvalue weighted by molar-refractivity contribution is -0.434. The molecule has 1 amide bonds. The van der Waals surface area contributed by atoms with E-state index in [2.05, 4.69) is 64.4 Å². The van der Waals surface area contributed by atoms with Crippen LogP contribution in [0, 0.1) is 0 Å². The van der Waals surface area contributed by atoms with E-state index in [-0.39, 0.29) is 56.8 Å². The first-order valence-electron chi connectivity index (χ1n) is 21.4. The van der Waals surface area contributed by atoms with Crippen LogP contribution in [-0.2, 0) is 67.8 Å². The van der Waals surface area contributed by atoms with Gasteiger partial charge in [0.05, 0.1) is 67.2 Å². The van der Waals surface area contributed by atoms with Crippen molar-refractivity contribution < 1.29 is 86.1 Å². The summed E-state index contributed by atoms with van der Waals surface area (Å²) in [5.74, 6) is -2.00. The fourth-order valence-corrected chi connectivity index (χ4v) is 11.2. The highest BCUT2D eigenvalue weighted by Crippen LogP contribution is 2.50. The summed E-state index contributed by atoms with van der Waals surface area (Å²) in [4.78, 5) is 10.8. The Balaban J connectivity index is 1.27. The number of anilines is 4. The molecule has 0 aliphatic rings. The van der Waals surface area contributed by atoms with Gasteiger partial charge in [-0.05, 0) is 116 Å². The first kappa shape index (κ1) is 59.4. The van der Waals surface area contributed by atoms with Crippen LogP contribution in [0.1, 0.15) is 20.8 Å². The molecule has 6 rings (SSSR count). The Morgan fingerprint density at radius 2 is 1.27 bits per heavy atom. The van der Waals surface area contributed by atoms with E-state index in [0.717, 1.165) is 55.2 Å². The van der Waals surface area contributed by atoms with Gasteiger partial charge in [0.15, 0.2) is 27.9 Å². The van der Waals surface area contributed by atoms with Gasteiger partial charge in [0.25, 0.3) is 30.3 Å². The quantitative estimate of drug-likeness (QED) is 0.00502. The van der Waals surface area contributed by atoms with Gasteiger partial charge in [0.2, 0.25) is 5.91 Å². The lowest BCUT2D eigenvalue weighted by Gasteiger charge is -2.22. The number of nitrogens with zero attached hydrogens (tertiary/aromatic N) is 7. The third kappa shape index (κ3) is 15.2. The van der Waals surface area contributed by atoms with Gasteiger partial charge >= 0.3 is 0 Å². The fraction of sp³-hybridized carbons (Fsp3) is 0.167. The Morgan fingerprint density at radius 1 is 0.688 bits per heavy atom. The first-order chi connectivity index (χ1) is 36.4. The van der Waals surface area contributed by atoms with Crippen molar-refractivity contribution in [2.24, 2.45) is 30.7 Å². The van der Waals surface area contributed by atoms with Crippen LogP contribution < -0.4 is 20.7 Å². The van der Waals surface area contributed by atoms with Gasteiger partial charge in [-0.1, -0.05) is 10.1 Å². The molecular weight excluding hydrogens is 1140 g/mol. The number of phenolic OH excluding ortho intramolecular Hbond substituents is 1. The van der Waals surface area contributed by atoms with Crippen LogP contribution in [0.2, 0.25) is 0 Å². The van der Waals surface area contributed by atoms with E-state index in [1.54, 1.807) is 12.1 Å². The maximum Gasteiger partial charge on any atom is 0.296 e. The molecule has 0 saturated carbocycles. The number of aromatic hydroxyl groups is 1. The highest BCUT2D eigenvalue weighted by Gasteiger charge is 2.27. The largest absolute Gasteiger partial charge is 0.505 e. The van der Waals surface area contributed by atoms with Crippen molar-refractivity contribution in [1.82, 2.24) is 0 Å². The average molecular weight is 1180 g/mol. The normalized spacial score (nSPS) is 12.6. The molecule has 0 aliphatic heterocycles. The first-order valence-corrected chi connectivity index (χ1v) is 28.8. The number of carbonyl (C=O) groups is 1. The number of nitrogens with one attached hydrogen (secondary N) is 2. The Kier molecular flexibility index (Phi) is 19.7. The number of rotatable bonds is 25. The molecule has 410 valence electrons. The minimum Gasteiger partial charge on any atom is -0.505 e. The van der Waals surface area contributed by atoms with Gasteiger partial charge in [0, 0.05) is 31.4 Å². The molecule has 0 fully saturated rings. The lowest BCUT2D eigenvalue weighted by Crippen LogP contribution is -2.21. The smallest absolute Gasteiger partial charge is 0.296 e. The number of nitrogens with two attached hydrogens (primary N) is 1. The molecule has 29 nitrogen and oxygen atoms in total. The number of sulfone groups is 1. The van der Waals surface area contributed by atoms with Crippen molar-refractivity contribution in [2.45, 2.75) is 45.2 Å². The number of sulfonamides is 1. The topological polar surface area (TPSA) is 428 Å². The summed E-state index contributed by atoms with van der Waals surface area (Å²) in [5.41, 5.74) is 5.79. The van der Waals surface area contributed by atoms with Crippen LogP contribution in [0.3, 0.4) is 0 Å². The number of carbonyl (C=O) groups excluding carboxylic acids is 1. The second kappa shape index (κ2) is 25.6. The summed E-state index contributed by atoms with van der Waals surface area (Å²) in [7, 11) is -19.0. The summed E-state index contributed by atoms with van der Waals surface area (Å²) < 4.78 is 139. The van der Waals surface area contributed by atoms with E-state index in [1.165, 1.54) is 43.3 Å². The number of azo groups is 3. The molecule has 0 unspecified atom stereocenters. The van der Waals surface area contributed by atoms with Crippen LogP contribution in [0.15, 0.2) is 152 Å². The maximum atomic E-state index is 13.4. The highest BCUT2D eigenvalue weighted by atomic mass is 32.2. The van der Waals surface area contributed by atoms with E-state index in [4.69, 9.17) is 20.4 Å². The predicted molar refractivity (Wildman–Crippen MR) is 278 cm³/mol. The van der Waals surface area contributed by atoms with Crippen molar-refractivity contribution in [2.75, 3.05) is 46.1 Å². The van der Waals surface area contributed by atoms with Gasteiger partial charge in [-0.2, -0.15) is 27.1 Å². The molecule has 77 heavy (non-hydrogen) atoms. The predicted octanol–water partition coefficient (Wildman–Crippen LogP) is 9.68. The highest BCUT2D eigenvalue weighted by molar-refractivity contribution is 7.94. The summed E-state index contributed by atoms with van der Waals surface area (Å²) in [6.07, 6.45) is 0. The van der Waals surface area contributed by atoms with Gasteiger partial charge < -0.3 is 21.1 Å². The molecule has 0 bridgehead atoms. The number of hydrogen-bond acceptors (Lipinski definition) is 27. The van der Waals surface area contributed by atoms with Crippen molar-refractivity contribution >= 4 is 138 Å². The molecule has 6 aromatic rings. The SMILES string of the molecule is CCN(CC)c1ccc(/N=N/c2ccc(NS(=O)(=O)c3ccc(/N=N/c4c(S(=O)(=O)O)cc5cc(SOOO)c(/N=N/c6ccc(S(=O)(=O)CCOSOOO)cc6S(=O)(=O)O)c(O)c5c4N)cc3)cc2)c(NC(C)=O)c1. The summed E-state index contributed by atoms with van der Waals surface area (Å²) in [6.45, 7) is 6.32. The minimum absolute atomic E-state index is 0.0704. The van der Waals surface area contributed by atoms with E-state index in [0.29, 0.717) is 23.1 Å². The molecule has 0 spiro atoms. The maximum absolute atomic E-state index is 13.4. The second-order valence-electron chi connectivity index (χ2n) is 15.3. The standard InChI is InChI=1S/C42H42N10O19S6/c1-4-52(5-2)29-12-16-32(34(22-29)44-24(3)53)47-45-26-6-8-28(9-7-26)51-75(59,60)30-13-10-27(11-14-30)46-50-41-37(77(64,65)66)21-25-20-35(72-70-68-55)40(42(54)38(25)39(41)43)49-48-33-17-15-31(23-36(33)76(61,62)63)74(57,58)19-18-67-73-71-69-56/h6-17,20-23,51,54-56H,4-5,18-19,43H2,1-3H3,(H,44,53)(H,61,62,63)(H,64,65,66)/b47-45+,49-48+,50-46+. The van der Waals surface area contributed by atoms with Crippen molar-refractivity contribution in [1.29, 1.82) is 0 Å². The van der Waals surface area contributed by atoms with E-state index in [9.17, 15) is 52.7 Å². The molecule has 35 heteroatoms. The Bertz CT molecular complexity index is 3720. The van der Waals surface area contributed by atoms with Crippen LogP contribution >= 0.6 is 24.4 Å². The summed E-state index contributed by atoms with van der Waals surface area (Å²) in [6, 6.07) is 20.1. The van der Waals surface area contributed by atoms with Crippen LogP contribution in [0.4, 0.5) is 56.9 Å². The number of benzene rings is 6. The molecule has 0 aliphatic carbocycles. The van der Waals surface area contributed by atoms with E-state index < -0.39 is 101 Å².